The second-order valence-electron chi connectivity index (χ2n) is 9.59. The standard InChI is InChI=1S/C27H31N3O3/c1-17(2)33-23-10-6-18(7-11-23)27(32)30-16-21-4-3-13-28-26(21)29-24-12-8-20(15-25(24)30)19-5-9-22(31)14-19/h3-4,8,12-15,17-18,23H,5-7,9-11,16H2,1-2H3,(H,28,29)/t18-,23-. The van der Waals surface area contributed by atoms with Crippen molar-refractivity contribution in [2.75, 3.05) is 10.2 Å². The van der Waals surface area contributed by atoms with Gasteiger partial charge in [0.15, 0.2) is 5.78 Å². The van der Waals surface area contributed by atoms with Crippen LogP contribution in [0.25, 0.3) is 5.57 Å². The number of aromatic nitrogens is 1. The average molecular weight is 446 g/mol. The SMILES string of the molecule is CC(C)O[C@H]1CC[C@H](C(=O)N2Cc3cccnc3Nc3ccc(C4=CC(=O)CC4)cc32)CC1. The smallest absolute Gasteiger partial charge is 0.230 e. The molecule has 0 atom stereocenters. The summed E-state index contributed by atoms with van der Waals surface area (Å²) in [6.07, 6.45) is 8.79. The number of anilines is 3. The molecule has 0 radical (unpaired) electrons. The quantitative estimate of drug-likeness (QED) is 0.682. The number of hydrogen-bond donors (Lipinski definition) is 1. The van der Waals surface area contributed by atoms with Gasteiger partial charge in [-0.15, -0.1) is 0 Å². The summed E-state index contributed by atoms with van der Waals surface area (Å²) in [7, 11) is 0. The highest BCUT2D eigenvalue weighted by molar-refractivity contribution is 6.03. The van der Waals surface area contributed by atoms with Gasteiger partial charge >= 0.3 is 0 Å². The lowest BCUT2D eigenvalue weighted by atomic mass is 9.86. The van der Waals surface area contributed by atoms with Gasteiger partial charge in [-0.1, -0.05) is 12.1 Å². The van der Waals surface area contributed by atoms with Crippen molar-refractivity contribution in [2.24, 2.45) is 5.92 Å². The van der Waals surface area contributed by atoms with E-state index in [1.165, 1.54) is 0 Å². The number of hydrogen-bond acceptors (Lipinski definition) is 5. The summed E-state index contributed by atoms with van der Waals surface area (Å²) < 4.78 is 5.99. The number of nitrogens with zero attached hydrogens (tertiary/aromatic N) is 2. The van der Waals surface area contributed by atoms with Gasteiger partial charge in [-0.05, 0) is 81.4 Å². The second-order valence-corrected chi connectivity index (χ2v) is 9.59. The Hall–Kier alpha value is -2.99. The van der Waals surface area contributed by atoms with Crippen LogP contribution in [0.1, 0.15) is 63.5 Å². The van der Waals surface area contributed by atoms with Crippen LogP contribution in [0.3, 0.4) is 0 Å². The van der Waals surface area contributed by atoms with Gasteiger partial charge in [0.25, 0.3) is 0 Å². The maximum atomic E-state index is 13.9. The summed E-state index contributed by atoms with van der Waals surface area (Å²) in [5, 5.41) is 3.43. The van der Waals surface area contributed by atoms with E-state index in [2.05, 4.69) is 30.2 Å². The predicted octanol–water partition coefficient (Wildman–Crippen LogP) is 5.40. The molecule has 0 bridgehead atoms. The van der Waals surface area contributed by atoms with E-state index in [0.29, 0.717) is 13.0 Å². The summed E-state index contributed by atoms with van der Waals surface area (Å²) in [5.74, 6) is 1.10. The van der Waals surface area contributed by atoms with Gasteiger partial charge in [0, 0.05) is 24.1 Å². The largest absolute Gasteiger partial charge is 0.376 e. The van der Waals surface area contributed by atoms with E-state index >= 15 is 0 Å². The molecule has 0 spiro atoms. The van der Waals surface area contributed by atoms with E-state index in [9.17, 15) is 9.59 Å². The van der Waals surface area contributed by atoms with Gasteiger partial charge < -0.3 is 15.0 Å². The number of carbonyl (C=O) groups is 2. The summed E-state index contributed by atoms with van der Waals surface area (Å²) in [4.78, 5) is 32.1. The maximum absolute atomic E-state index is 13.9. The van der Waals surface area contributed by atoms with Crippen molar-refractivity contribution in [3.63, 3.8) is 0 Å². The molecule has 6 heteroatoms. The third kappa shape index (κ3) is 4.58. The molecule has 1 saturated carbocycles. The molecule has 172 valence electrons. The topological polar surface area (TPSA) is 71.5 Å². The van der Waals surface area contributed by atoms with Crippen molar-refractivity contribution in [3.05, 3.63) is 53.7 Å². The lowest BCUT2D eigenvalue weighted by Crippen LogP contribution is -2.38. The van der Waals surface area contributed by atoms with Crippen molar-refractivity contribution in [1.29, 1.82) is 0 Å². The van der Waals surface area contributed by atoms with Crippen molar-refractivity contribution in [1.82, 2.24) is 4.98 Å². The fourth-order valence-electron chi connectivity index (χ4n) is 5.19. The van der Waals surface area contributed by atoms with Gasteiger partial charge in [-0.3, -0.25) is 9.59 Å². The fraction of sp³-hybridized carbons (Fsp3) is 0.444. The molecule has 2 heterocycles. The lowest BCUT2D eigenvalue weighted by molar-refractivity contribution is -0.124. The number of rotatable bonds is 4. The van der Waals surface area contributed by atoms with Crippen molar-refractivity contribution in [3.8, 4) is 0 Å². The van der Waals surface area contributed by atoms with Crippen molar-refractivity contribution < 1.29 is 14.3 Å². The number of carbonyl (C=O) groups excluding carboxylic acids is 2. The molecule has 5 rings (SSSR count). The minimum atomic E-state index is -0.0148. The highest BCUT2D eigenvalue weighted by Gasteiger charge is 2.33. The molecule has 6 nitrogen and oxygen atoms in total. The van der Waals surface area contributed by atoms with E-state index < -0.39 is 0 Å². The molecule has 2 aliphatic carbocycles. The first-order valence-corrected chi connectivity index (χ1v) is 12.0. The summed E-state index contributed by atoms with van der Waals surface area (Å²) >= 11 is 0. The summed E-state index contributed by atoms with van der Waals surface area (Å²) in [6.45, 7) is 4.61. The Morgan fingerprint density at radius 3 is 2.70 bits per heavy atom. The first-order chi connectivity index (χ1) is 16.0. The monoisotopic (exact) mass is 445 g/mol. The molecule has 33 heavy (non-hydrogen) atoms. The van der Waals surface area contributed by atoms with Crippen LogP contribution < -0.4 is 10.2 Å². The van der Waals surface area contributed by atoms with E-state index in [-0.39, 0.29) is 29.8 Å². The van der Waals surface area contributed by atoms with Gasteiger partial charge in [-0.2, -0.15) is 0 Å². The molecule has 1 aromatic carbocycles. The van der Waals surface area contributed by atoms with E-state index in [4.69, 9.17) is 4.74 Å². The van der Waals surface area contributed by atoms with Crippen molar-refractivity contribution >= 4 is 34.5 Å². The van der Waals surface area contributed by atoms with E-state index in [0.717, 1.165) is 66.0 Å². The Morgan fingerprint density at radius 1 is 1.15 bits per heavy atom. The third-order valence-electron chi connectivity index (χ3n) is 6.86. The zero-order chi connectivity index (χ0) is 22.9. The van der Waals surface area contributed by atoms with Crippen LogP contribution in [0.15, 0.2) is 42.6 Å². The number of pyridine rings is 1. The van der Waals surface area contributed by atoms with E-state index in [1.54, 1.807) is 12.3 Å². The highest BCUT2D eigenvalue weighted by atomic mass is 16.5. The number of allylic oxidation sites excluding steroid dienone is 2. The third-order valence-corrected chi connectivity index (χ3v) is 6.86. The Bertz CT molecular complexity index is 1100. The zero-order valence-electron chi connectivity index (χ0n) is 19.3. The molecular formula is C27H31N3O3. The van der Waals surface area contributed by atoms with Crippen LogP contribution in [-0.2, 0) is 20.9 Å². The molecular weight excluding hydrogens is 414 g/mol. The van der Waals surface area contributed by atoms with Crippen molar-refractivity contribution in [2.45, 2.75) is 71.1 Å². The second kappa shape index (κ2) is 9.10. The summed E-state index contributed by atoms with van der Waals surface area (Å²) in [6, 6.07) is 10.0. The first kappa shape index (κ1) is 21.8. The number of fused-ring (bicyclic) bond motifs is 2. The first-order valence-electron chi connectivity index (χ1n) is 12.0. The van der Waals surface area contributed by atoms with Crippen LogP contribution in [0.4, 0.5) is 17.2 Å². The Balaban J connectivity index is 1.46. The van der Waals surface area contributed by atoms with Crippen LogP contribution >= 0.6 is 0 Å². The van der Waals surface area contributed by atoms with Crippen LogP contribution in [0.2, 0.25) is 0 Å². The molecule has 1 N–H and O–H groups in total. The molecule has 0 saturated heterocycles. The zero-order valence-corrected chi connectivity index (χ0v) is 19.3. The number of ether oxygens (including phenoxy) is 1. The van der Waals surface area contributed by atoms with Crippen LogP contribution in [0.5, 0.6) is 0 Å². The number of ketones is 1. The Morgan fingerprint density at radius 2 is 1.97 bits per heavy atom. The van der Waals surface area contributed by atoms with E-state index in [1.807, 2.05) is 29.2 Å². The number of benzene rings is 1. The molecule has 2 aromatic rings. The Kier molecular flexibility index (Phi) is 6.02. The lowest BCUT2D eigenvalue weighted by Gasteiger charge is -2.33. The minimum Gasteiger partial charge on any atom is -0.376 e. The molecule has 3 aliphatic rings. The van der Waals surface area contributed by atoms with Gasteiger partial charge in [0.2, 0.25) is 5.91 Å². The van der Waals surface area contributed by atoms with Gasteiger partial charge in [-0.25, -0.2) is 4.98 Å². The number of amides is 1. The molecule has 1 amide bonds. The van der Waals surface area contributed by atoms with Crippen LogP contribution in [0, 0.1) is 5.92 Å². The number of nitrogens with one attached hydrogen (secondary N) is 1. The normalized spacial score (nSPS) is 22.3. The Labute approximate surface area is 195 Å². The molecule has 0 unspecified atom stereocenters. The molecule has 1 aromatic heterocycles. The average Bonchev–Trinajstić information content (AvgIpc) is 3.17. The van der Waals surface area contributed by atoms with Gasteiger partial charge in [0.05, 0.1) is 30.1 Å². The summed E-state index contributed by atoms with van der Waals surface area (Å²) in [5.41, 5.74) is 4.77. The predicted molar refractivity (Wildman–Crippen MR) is 129 cm³/mol. The molecule has 1 aliphatic heterocycles. The maximum Gasteiger partial charge on any atom is 0.230 e. The minimum absolute atomic E-state index is 0.0148. The van der Waals surface area contributed by atoms with Gasteiger partial charge in [0.1, 0.15) is 5.82 Å². The molecule has 1 fully saturated rings. The van der Waals surface area contributed by atoms with Crippen LogP contribution in [-0.4, -0.2) is 28.9 Å². The fourth-order valence-corrected chi connectivity index (χ4v) is 5.19. The highest BCUT2D eigenvalue weighted by Crippen LogP contribution is 2.40.